The van der Waals surface area contributed by atoms with E-state index in [-0.39, 0.29) is 5.37 Å². The van der Waals surface area contributed by atoms with Gasteiger partial charge in [-0.05, 0) is 40.6 Å². The highest BCUT2D eigenvalue weighted by atomic mass is 32.2. The minimum absolute atomic E-state index is 0.102. The molecule has 3 aromatic carbocycles. The van der Waals surface area contributed by atoms with Gasteiger partial charge in [0, 0.05) is 5.56 Å². The van der Waals surface area contributed by atoms with Gasteiger partial charge in [0.15, 0.2) is 5.37 Å². The first-order chi connectivity index (χ1) is 12.7. The molecular weight excluding hydrogens is 346 g/mol. The molecule has 0 aromatic heterocycles. The lowest BCUT2D eigenvalue weighted by molar-refractivity contribution is -0.690. The van der Waals surface area contributed by atoms with Crippen LogP contribution in [0.2, 0.25) is 0 Å². The van der Waals surface area contributed by atoms with E-state index in [1.54, 1.807) is 11.8 Å². The molecule has 3 aromatic rings. The third-order valence-corrected chi connectivity index (χ3v) is 5.99. The van der Waals surface area contributed by atoms with Crippen LogP contribution in [0.4, 0.5) is 0 Å². The minimum Gasteiger partial charge on any atom is -0.544 e. The lowest BCUT2D eigenvalue weighted by Gasteiger charge is -2.12. The van der Waals surface area contributed by atoms with Crippen LogP contribution in [0, 0.1) is 0 Å². The molecule has 1 saturated heterocycles. The number of rotatable bonds is 5. The average molecular weight is 365 g/mol. The summed E-state index contributed by atoms with van der Waals surface area (Å²) in [5.74, 6) is 0.392. The zero-order valence-electron chi connectivity index (χ0n) is 14.1. The van der Waals surface area contributed by atoms with E-state index >= 15 is 0 Å². The SMILES string of the molecule is O=C([O-])[C@H]1CS[C@@H](c2ccc(OCc3cccc4ccccc34)cc2)[NH2+]1. The van der Waals surface area contributed by atoms with E-state index in [0.29, 0.717) is 12.4 Å². The summed E-state index contributed by atoms with van der Waals surface area (Å²) in [5, 5.41) is 15.3. The number of benzene rings is 3. The summed E-state index contributed by atoms with van der Waals surface area (Å²) < 4.78 is 5.96. The molecular formula is C21H19NO3S. The van der Waals surface area contributed by atoms with Crippen molar-refractivity contribution in [3.63, 3.8) is 0 Å². The Balaban J connectivity index is 1.42. The maximum absolute atomic E-state index is 11.0. The molecule has 0 spiro atoms. The van der Waals surface area contributed by atoms with Crippen molar-refractivity contribution in [3.8, 4) is 5.75 Å². The molecule has 132 valence electrons. The average Bonchev–Trinajstić information content (AvgIpc) is 3.17. The molecule has 0 saturated carbocycles. The Labute approximate surface area is 156 Å². The zero-order valence-corrected chi connectivity index (χ0v) is 14.9. The van der Waals surface area contributed by atoms with Crippen LogP contribution in [0.3, 0.4) is 0 Å². The van der Waals surface area contributed by atoms with Gasteiger partial charge >= 0.3 is 0 Å². The van der Waals surface area contributed by atoms with Crippen LogP contribution in [-0.4, -0.2) is 17.8 Å². The predicted octanol–water partition coefficient (Wildman–Crippen LogP) is 1.85. The Bertz CT molecular complexity index is 921. The van der Waals surface area contributed by atoms with Crippen molar-refractivity contribution in [2.24, 2.45) is 0 Å². The highest BCUT2D eigenvalue weighted by Gasteiger charge is 2.30. The van der Waals surface area contributed by atoms with Gasteiger partial charge in [0.1, 0.15) is 24.4 Å². The van der Waals surface area contributed by atoms with E-state index in [4.69, 9.17) is 4.74 Å². The fraction of sp³-hybridized carbons (Fsp3) is 0.190. The second kappa shape index (κ2) is 7.40. The third-order valence-electron chi connectivity index (χ3n) is 4.65. The molecule has 1 aliphatic rings. The fourth-order valence-electron chi connectivity index (χ4n) is 3.22. The Hall–Kier alpha value is -2.50. The second-order valence-electron chi connectivity index (χ2n) is 6.37. The molecule has 4 rings (SSSR count). The molecule has 2 N–H and O–H groups in total. The molecule has 0 amide bonds. The number of fused-ring (bicyclic) bond motifs is 1. The van der Waals surface area contributed by atoms with Gasteiger partial charge in [-0.2, -0.15) is 0 Å². The molecule has 26 heavy (non-hydrogen) atoms. The van der Waals surface area contributed by atoms with Crippen molar-refractivity contribution in [1.82, 2.24) is 0 Å². The predicted molar refractivity (Wildman–Crippen MR) is 101 cm³/mol. The number of hydrogen-bond acceptors (Lipinski definition) is 4. The monoisotopic (exact) mass is 365 g/mol. The maximum atomic E-state index is 11.0. The maximum Gasteiger partial charge on any atom is 0.159 e. The summed E-state index contributed by atoms with van der Waals surface area (Å²) in [7, 11) is 0. The molecule has 1 aliphatic heterocycles. The van der Waals surface area contributed by atoms with Crippen molar-refractivity contribution in [3.05, 3.63) is 77.9 Å². The second-order valence-corrected chi connectivity index (χ2v) is 7.54. The van der Waals surface area contributed by atoms with E-state index in [2.05, 4.69) is 24.3 Å². The quantitative estimate of drug-likeness (QED) is 0.749. The summed E-state index contributed by atoms with van der Waals surface area (Å²) in [6.07, 6.45) is 0. The Kier molecular flexibility index (Phi) is 4.82. The number of aliphatic carboxylic acids is 1. The van der Waals surface area contributed by atoms with Gasteiger partial charge in [-0.15, -0.1) is 0 Å². The van der Waals surface area contributed by atoms with Crippen molar-refractivity contribution < 1.29 is 20.0 Å². The first-order valence-corrected chi connectivity index (χ1v) is 9.62. The van der Waals surface area contributed by atoms with Crippen molar-refractivity contribution in [2.75, 3.05) is 5.75 Å². The number of quaternary nitrogens is 1. The van der Waals surface area contributed by atoms with Crippen LogP contribution < -0.4 is 15.2 Å². The smallest absolute Gasteiger partial charge is 0.159 e. The van der Waals surface area contributed by atoms with E-state index in [9.17, 15) is 9.90 Å². The Morgan fingerprint density at radius 3 is 2.62 bits per heavy atom. The van der Waals surface area contributed by atoms with Gasteiger partial charge in [-0.3, -0.25) is 0 Å². The zero-order chi connectivity index (χ0) is 17.9. The summed E-state index contributed by atoms with van der Waals surface area (Å²) in [6, 6.07) is 21.9. The van der Waals surface area contributed by atoms with E-state index in [1.165, 1.54) is 10.8 Å². The molecule has 0 aliphatic carbocycles. The van der Waals surface area contributed by atoms with Crippen molar-refractivity contribution in [1.29, 1.82) is 0 Å². The summed E-state index contributed by atoms with van der Waals surface area (Å²) in [6.45, 7) is 0.512. The summed E-state index contributed by atoms with van der Waals surface area (Å²) in [5.41, 5.74) is 2.25. The van der Waals surface area contributed by atoms with E-state index in [0.717, 1.165) is 16.9 Å². The van der Waals surface area contributed by atoms with Crippen LogP contribution in [0.25, 0.3) is 10.8 Å². The lowest BCUT2D eigenvalue weighted by atomic mass is 10.1. The van der Waals surface area contributed by atoms with Gasteiger partial charge < -0.3 is 20.0 Å². The largest absolute Gasteiger partial charge is 0.544 e. The first-order valence-electron chi connectivity index (χ1n) is 8.57. The minimum atomic E-state index is -0.991. The van der Waals surface area contributed by atoms with Gasteiger partial charge in [-0.1, -0.05) is 54.2 Å². The number of carboxylic acids is 1. The van der Waals surface area contributed by atoms with Crippen LogP contribution in [0.15, 0.2) is 66.7 Å². The summed E-state index contributed by atoms with van der Waals surface area (Å²) >= 11 is 1.63. The highest BCUT2D eigenvalue weighted by Crippen LogP contribution is 2.28. The van der Waals surface area contributed by atoms with Crippen molar-refractivity contribution >= 4 is 28.5 Å². The number of carboxylic acid groups (broad SMARTS) is 1. The first kappa shape index (κ1) is 16.9. The van der Waals surface area contributed by atoms with Gasteiger partial charge in [0.2, 0.25) is 0 Å². The van der Waals surface area contributed by atoms with Crippen LogP contribution >= 0.6 is 11.8 Å². The molecule has 1 fully saturated rings. The molecule has 2 atom stereocenters. The Morgan fingerprint density at radius 1 is 1.08 bits per heavy atom. The molecule has 0 radical (unpaired) electrons. The lowest BCUT2D eigenvalue weighted by Crippen LogP contribution is -2.90. The topological polar surface area (TPSA) is 66.0 Å². The standard InChI is InChI=1S/C21H19NO3S/c23-21(24)19-13-26-20(22-19)15-8-10-17(11-9-15)25-12-16-6-3-5-14-4-1-2-7-18(14)16/h1-11,19-20,22H,12-13H2,(H,23,24)/t19-,20+/m1/s1. The van der Waals surface area contributed by atoms with Crippen LogP contribution in [-0.2, 0) is 11.4 Å². The van der Waals surface area contributed by atoms with Crippen molar-refractivity contribution in [2.45, 2.75) is 18.0 Å². The van der Waals surface area contributed by atoms with Gasteiger partial charge in [-0.25, -0.2) is 0 Å². The van der Waals surface area contributed by atoms with Gasteiger partial charge in [0.05, 0.1) is 5.75 Å². The number of hydrogen-bond donors (Lipinski definition) is 1. The normalized spacial score (nSPS) is 19.5. The number of carbonyl (C=O) groups is 1. The molecule has 4 nitrogen and oxygen atoms in total. The molecule has 5 heteroatoms. The summed E-state index contributed by atoms with van der Waals surface area (Å²) in [4.78, 5) is 11.0. The fourth-order valence-corrected chi connectivity index (χ4v) is 4.53. The highest BCUT2D eigenvalue weighted by molar-refractivity contribution is 7.99. The third kappa shape index (κ3) is 3.54. The number of nitrogens with two attached hydrogens (primary N) is 1. The van der Waals surface area contributed by atoms with Crippen LogP contribution in [0.1, 0.15) is 16.5 Å². The molecule has 1 heterocycles. The Morgan fingerprint density at radius 2 is 1.85 bits per heavy atom. The number of ether oxygens (including phenoxy) is 1. The molecule has 0 bridgehead atoms. The molecule has 0 unspecified atom stereocenters. The number of thioether (sulfide) groups is 1. The van der Waals surface area contributed by atoms with Crippen LogP contribution in [0.5, 0.6) is 5.75 Å². The van der Waals surface area contributed by atoms with E-state index < -0.39 is 12.0 Å². The number of carbonyl (C=O) groups excluding carboxylic acids is 1. The van der Waals surface area contributed by atoms with Gasteiger partial charge in [0.25, 0.3) is 0 Å². The van der Waals surface area contributed by atoms with E-state index in [1.807, 2.05) is 47.8 Å².